The van der Waals surface area contributed by atoms with Crippen LogP contribution in [0.2, 0.25) is 0 Å². The van der Waals surface area contributed by atoms with Gasteiger partial charge in [-0.3, -0.25) is 4.79 Å². The Morgan fingerprint density at radius 1 is 1.12 bits per heavy atom. The van der Waals surface area contributed by atoms with Crippen LogP contribution in [-0.2, 0) is 9.53 Å². The van der Waals surface area contributed by atoms with Crippen LogP contribution >= 0.6 is 7.64 Å². The van der Waals surface area contributed by atoms with E-state index < -0.39 is 13.7 Å². The molecule has 2 aromatic carbocycles. The van der Waals surface area contributed by atoms with Gasteiger partial charge in [0, 0.05) is 5.39 Å². The number of rotatable bonds is 6. The van der Waals surface area contributed by atoms with Crippen LogP contribution in [-0.4, -0.2) is 31.9 Å². The van der Waals surface area contributed by atoms with Gasteiger partial charge in [-0.25, -0.2) is 0 Å². The third-order valence-corrected chi connectivity index (χ3v) is 5.24. The monoisotopic (exact) mass is 362 g/mol. The summed E-state index contributed by atoms with van der Waals surface area (Å²) in [6, 6.07) is 13.7. The van der Waals surface area contributed by atoms with E-state index in [1.807, 2.05) is 71.4 Å². The second kappa shape index (κ2) is 7.72. The second-order valence-corrected chi connectivity index (χ2v) is 11.1. The molecule has 0 heterocycles. The first-order valence-electron chi connectivity index (χ1n) is 8.53. The molecule has 0 amide bonds. The summed E-state index contributed by atoms with van der Waals surface area (Å²) >= 11 is 0. The van der Waals surface area contributed by atoms with Crippen molar-refractivity contribution in [2.45, 2.75) is 33.7 Å². The summed E-state index contributed by atoms with van der Waals surface area (Å²) in [7, 11) is -1.99. The SMILES string of the molecule is CC(N[P+](C)(C)Oc1cccc2ccccc12)C(=O)OCC(C)(C)C. The van der Waals surface area contributed by atoms with Gasteiger partial charge in [0.25, 0.3) is 7.64 Å². The van der Waals surface area contributed by atoms with Crippen molar-refractivity contribution in [2.24, 2.45) is 5.41 Å². The molecule has 0 saturated heterocycles. The molecule has 25 heavy (non-hydrogen) atoms. The molecule has 1 N–H and O–H groups in total. The van der Waals surface area contributed by atoms with E-state index in [1.54, 1.807) is 0 Å². The Hall–Kier alpha value is -1.64. The summed E-state index contributed by atoms with van der Waals surface area (Å²) in [4.78, 5) is 12.2. The zero-order chi connectivity index (χ0) is 18.7. The predicted octanol–water partition coefficient (Wildman–Crippen LogP) is 4.89. The van der Waals surface area contributed by atoms with Crippen molar-refractivity contribution < 1.29 is 14.1 Å². The topological polar surface area (TPSA) is 47.6 Å². The second-order valence-electron chi connectivity index (χ2n) is 7.94. The number of hydrogen-bond donors (Lipinski definition) is 1. The minimum absolute atomic E-state index is 0.0422. The summed E-state index contributed by atoms with van der Waals surface area (Å²) in [5.41, 5.74) is -0.0422. The van der Waals surface area contributed by atoms with Gasteiger partial charge in [0.05, 0.1) is 19.9 Å². The summed E-state index contributed by atoms with van der Waals surface area (Å²) in [5.74, 6) is 0.587. The molecule has 0 fully saturated rings. The molecule has 0 aromatic heterocycles. The van der Waals surface area contributed by atoms with Crippen molar-refractivity contribution in [1.29, 1.82) is 0 Å². The summed E-state index contributed by atoms with van der Waals surface area (Å²) in [5, 5.41) is 5.53. The van der Waals surface area contributed by atoms with Gasteiger partial charge in [-0.05, 0) is 23.8 Å². The Morgan fingerprint density at radius 3 is 2.44 bits per heavy atom. The molecular formula is C20H29NO3P+. The molecule has 0 radical (unpaired) electrons. The van der Waals surface area contributed by atoms with Gasteiger partial charge in [-0.15, -0.1) is 5.09 Å². The van der Waals surface area contributed by atoms with Crippen LogP contribution in [0.25, 0.3) is 10.8 Å². The van der Waals surface area contributed by atoms with E-state index in [0.29, 0.717) is 6.61 Å². The quantitative estimate of drug-likeness (QED) is 0.587. The molecule has 2 aromatic rings. The van der Waals surface area contributed by atoms with Gasteiger partial charge < -0.3 is 9.26 Å². The van der Waals surface area contributed by atoms with E-state index in [1.165, 1.54) is 0 Å². The smallest absolute Gasteiger partial charge is 0.326 e. The Balaban J connectivity index is 2.04. The van der Waals surface area contributed by atoms with Gasteiger partial charge in [0.1, 0.15) is 6.04 Å². The van der Waals surface area contributed by atoms with Crippen molar-refractivity contribution in [3.63, 3.8) is 0 Å². The number of benzene rings is 2. The zero-order valence-electron chi connectivity index (χ0n) is 16.0. The standard InChI is InChI=1S/C20H29NO3P/c1-15(19(22)23-14-20(2,3)4)21-25(5,6)24-18-13-9-11-16-10-7-8-12-17(16)18/h7-13,15,21H,14H2,1-6H3/q+1. The normalized spacial score (nSPS) is 13.5. The fourth-order valence-electron chi connectivity index (χ4n) is 2.48. The highest BCUT2D eigenvalue weighted by Crippen LogP contribution is 2.49. The number of carbonyl (C=O) groups excluding carboxylic acids is 1. The van der Waals surface area contributed by atoms with Crippen molar-refractivity contribution in [2.75, 3.05) is 19.9 Å². The van der Waals surface area contributed by atoms with Crippen molar-refractivity contribution in [1.82, 2.24) is 5.09 Å². The number of esters is 1. The van der Waals surface area contributed by atoms with Crippen LogP contribution in [0.4, 0.5) is 0 Å². The van der Waals surface area contributed by atoms with E-state index in [2.05, 4.69) is 17.2 Å². The fourth-order valence-corrected chi connectivity index (χ4v) is 4.22. The third-order valence-electron chi connectivity index (χ3n) is 3.58. The minimum Gasteiger partial charge on any atom is -0.464 e. The Bertz CT molecular complexity index is 732. The third kappa shape index (κ3) is 5.98. The lowest BCUT2D eigenvalue weighted by Gasteiger charge is -2.24. The van der Waals surface area contributed by atoms with E-state index in [4.69, 9.17) is 9.26 Å². The van der Waals surface area contributed by atoms with Gasteiger partial charge in [0.15, 0.2) is 5.75 Å². The highest BCUT2D eigenvalue weighted by Gasteiger charge is 2.34. The molecule has 4 nitrogen and oxygen atoms in total. The first kappa shape index (κ1) is 19.7. The van der Waals surface area contributed by atoms with Crippen molar-refractivity contribution in [3.8, 4) is 5.75 Å². The average Bonchev–Trinajstić information content (AvgIpc) is 2.51. The molecule has 0 aliphatic rings. The number of fused-ring (bicyclic) bond motifs is 1. The molecule has 0 saturated carbocycles. The zero-order valence-corrected chi connectivity index (χ0v) is 16.9. The Kier molecular flexibility index (Phi) is 6.08. The molecule has 5 heteroatoms. The van der Waals surface area contributed by atoms with E-state index in [9.17, 15) is 4.79 Å². The van der Waals surface area contributed by atoms with Gasteiger partial charge >= 0.3 is 5.97 Å². The van der Waals surface area contributed by atoms with Crippen LogP contribution in [0.1, 0.15) is 27.7 Å². The maximum atomic E-state index is 12.2. The van der Waals surface area contributed by atoms with E-state index in [-0.39, 0.29) is 11.4 Å². The molecule has 0 aliphatic carbocycles. The largest absolute Gasteiger partial charge is 0.464 e. The predicted molar refractivity (Wildman–Crippen MR) is 106 cm³/mol. The highest BCUT2D eigenvalue weighted by atomic mass is 31.2. The fraction of sp³-hybridized carbons (Fsp3) is 0.450. The number of ether oxygens (including phenoxy) is 1. The first-order chi connectivity index (χ1) is 11.6. The Morgan fingerprint density at radius 2 is 1.76 bits per heavy atom. The van der Waals surface area contributed by atoms with Gasteiger partial charge in [-0.1, -0.05) is 57.2 Å². The molecule has 1 unspecified atom stereocenters. The Labute approximate surface area is 151 Å². The minimum atomic E-state index is -1.99. The molecule has 2 rings (SSSR count). The molecular weight excluding hydrogens is 333 g/mol. The number of hydrogen-bond acceptors (Lipinski definition) is 4. The van der Waals surface area contributed by atoms with Crippen LogP contribution in [0.3, 0.4) is 0 Å². The van der Waals surface area contributed by atoms with Crippen LogP contribution in [0.15, 0.2) is 42.5 Å². The molecule has 136 valence electrons. The average molecular weight is 362 g/mol. The maximum Gasteiger partial charge on any atom is 0.326 e. The van der Waals surface area contributed by atoms with Gasteiger partial charge in [-0.2, -0.15) is 0 Å². The summed E-state index contributed by atoms with van der Waals surface area (Å²) in [6.07, 6.45) is 0. The molecule has 1 atom stereocenters. The van der Waals surface area contributed by atoms with Gasteiger partial charge in [0.2, 0.25) is 0 Å². The van der Waals surface area contributed by atoms with Crippen molar-refractivity contribution in [3.05, 3.63) is 42.5 Å². The molecule has 0 aliphatic heterocycles. The number of nitrogens with one attached hydrogen (secondary N) is 1. The lowest BCUT2D eigenvalue weighted by atomic mass is 9.99. The first-order valence-corrected chi connectivity index (χ1v) is 11.1. The number of carbonyl (C=O) groups is 1. The summed E-state index contributed by atoms with van der Waals surface area (Å²) in [6.45, 7) is 12.4. The molecule has 0 spiro atoms. The lowest BCUT2D eigenvalue weighted by molar-refractivity contribution is -0.147. The maximum absolute atomic E-state index is 12.2. The molecule has 0 bridgehead atoms. The summed E-state index contributed by atoms with van der Waals surface area (Å²) < 4.78 is 11.7. The van der Waals surface area contributed by atoms with Crippen LogP contribution < -0.4 is 9.61 Å². The van der Waals surface area contributed by atoms with E-state index in [0.717, 1.165) is 16.5 Å². The lowest BCUT2D eigenvalue weighted by Crippen LogP contribution is -2.37. The van der Waals surface area contributed by atoms with E-state index >= 15 is 0 Å². The van der Waals surface area contributed by atoms with Crippen LogP contribution in [0, 0.1) is 5.41 Å². The highest BCUT2D eigenvalue weighted by molar-refractivity contribution is 7.68. The van der Waals surface area contributed by atoms with Crippen LogP contribution in [0.5, 0.6) is 5.75 Å². The van der Waals surface area contributed by atoms with Crippen molar-refractivity contribution >= 4 is 24.4 Å².